The maximum absolute atomic E-state index is 12.6. The van der Waals surface area contributed by atoms with Crippen molar-refractivity contribution in [2.24, 2.45) is 0 Å². The second kappa shape index (κ2) is 4.78. The van der Waals surface area contributed by atoms with Gasteiger partial charge in [-0.2, -0.15) is 13.2 Å². The molecule has 0 aliphatic rings. The molecule has 0 radical (unpaired) electrons. The molecule has 0 aliphatic carbocycles. The van der Waals surface area contributed by atoms with Gasteiger partial charge in [-0.3, -0.25) is 0 Å². The van der Waals surface area contributed by atoms with E-state index in [0.717, 1.165) is 12.1 Å². The number of rotatable bonds is 1. The fourth-order valence-corrected chi connectivity index (χ4v) is 1.76. The Bertz CT molecular complexity index is 565. The van der Waals surface area contributed by atoms with Crippen LogP contribution in [0.4, 0.5) is 13.2 Å². The lowest BCUT2D eigenvalue weighted by Crippen LogP contribution is -2.05. The number of halogens is 5. The van der Waals surface area contributed by atoms with Crippen molar-refractivity contribution in [3.63, 3.8) is 0 Å². The molecule has 0 fully saturated rings. The van der Waals surface area contributed by atoms with Gasteiger partial charge in [0.15, 0.2) is 0 Å². The number of hydrogen-bond acceptors (Lipinski definition) is 1. The standard InChI is InChI=1S/C12H6Cl2F3N/c13-9-3-1-7(2-4-9)10-5-8(12(15,16)17)6-11(14)18-10/h1-6H. The lowest BCUT2D eigenvalue weighted by molar-refractivity contribution is -0.137. The van der Waals surface area contributed by atoms with E-state index in [4.69, 9.17) is 23.2 Å². The highest BCUT2D eigenvalue weighted by Gasteiger charge is 2.31. The normalized spacial score (nSPS) is 11.6. The first-order chi connectivity index (χ1) is 8.36. The summed E-state index contributed by atoms with van der Waals surface area (Å²) in [5.41, 5.74) is -0.147. The van der Waals surface area contributed by atoms with Gasteiger partial charge in [-0.15, -0.1) is 0 Å². The van der Waals surface area contributed by atoms with Gasteiger partial charge < -0.3 is 0 Å². The summed E-state index contributed by atoms with van der Waals surface area (Å²) in [6.45, 7) is 0. The van der Waals surface area contributed by atoms with Gasteiger partial charge >= 0.3 is 6.18 Å². The number of aromatic nitrogens is 1. The SMILES string of the molecule is FC(F)(F)c1cc(Cl)nc(-c2ccc(Cl)cc2)c1. The summed E-state index contributed by atoms with van der Waals surface area (Å²) in [5.74, 6) is 0. The van der Waals surface area contributed by atoms with E-state index >= 15 is 0 Å². The molecule has 0 bridgehead atoms. The summed E-state index contributed by atoms with van der Waals surface area (Å²) in [6, 6.07) is 8.07. The maximum atomic E-state index is 12.6. The first-order valence-corrected chi connectivity index (χ1v) is 5.62. The van der Waals surface area contributed by atoms with Gasteiger partial charge in [0, 0.05) is 10.6 Å². The number of alkyl halides is 3. The smallest absolute Gasteiger partial charge is 0.236 e. The Morgan fingerprint density at radius 1 is 0.944 bits per heavy atom. The monoisotopic (exact) mass is 291 g/mol. The van der Waals surface area contributed by atoms with E-state index in [1.165, 1.54) is 0 Å². The minimum Gasteiger partial charge on any atom is -0.236 e. The third kappa shape index (κ3) is 2.94. The summed E-state index contributed by atoms with van der Waals surface area (Å²) in [4.78, 5) is 3.87. The van der Waals surface area contributed by atoms with Crippen LogP contribution in [0.15, 0.2) is 36.4 Å². The van der Waals surface area contributed by atoms with E-state index in [2.05, 4.69) is 4.98 Å². The first kappa shape index (κ1) is 13.2. The molecule has 94 valence electrons. The topological polar surface area (TPSA) is 12.9 Å². The second-order valence-electron chi connectivity index (χ2n) is 3.57. The minimum atomic E-state index is -4.45. The predicted octanol–water partition coefficient (Wildman–Crippen LogP) is 5.07. The van der Waals surface area contributed by atoms with Gasteiger partial charge in [0.2, 0.25) is 0 Å². The average Bonchev–Trinajstić information content (AvgIpc) is 2.28. The molecule has 0 saturated heterocycles. The summed E-state index contributed by atoms with van der Waals surface area (Å²) < 4.78 is 37.9. The maximum Gasteiger partial charge on any atom is 0.416 e. The third-order valence-electron chi connectivity index (χ3n) is 2.26. The van der Waals surface area contributed by atoms with Crippen LogP contribution >= 0.6 is 23.2 Å². The van der Waals surface area contributed by atoms with E-state index < -0.39 is 11.7 Å². The molecular weight excluding hydrogens is 286 g/mol. The van der Waals surface area contributed by atoms with Crippen molar-refractivity contribution in [1.29, 1.82) is 0 Å². The van der Waals surface area contributed by atoms with Crippen LogP contribution in [0, 0.1) is 0 Å². The molecule has 0 amide bonds. The summed E-state index contributed by atoms with van der Waals surface area (Å²) in [6.07, 6.45) is -4.45. The zero-order chi connectivity index (χ0) is 13.3. The Morgan fingerprint density at radius 3 is 2.11 bits per heavy atom. The fourth-order valence-electron chi connectivity index (χ4n) is 1.43. The molecule has 1 aromatic carbocycles. The van der Waals surface area contributed by atoms with Gasteiger partial charge in [-0.1, -0.05) is 35.3 Å². The van der Waals surface area contributed by atoms with Crippen LogP contribution in [0.2, 0.25) is 10.2 Å². The fraction of sp³-hybridized carbons (Fsp3) is 0.0833. The van der Waals surface area contributed by atoms with Crippen molar-refractivity contribution in [3.05, 3.63) is 52.1 Å². The highest BCUT2D eigenvalue weighted by atomic mass is 35.5. The van der Waals surface area contributed by atoms with Crippen molar-refractivity contribution in [2.75, 3.05) is 0 Å². The molecule has 2 aromatic rings. The van der Waals surface area contributed by atoms with Gasteiger partial charge in [-0.25, -0.2) is 4.98 Å². The number of benzene rings is 1. The van der Waals surface area contributed by atoms with Gasteiger partial charge in [-0.05, 0) is 24.3 Å². The molecule has 1 aromatic heterocycles. The van der Waals surface area contributed by atoms with E-state index in [-0.39, 0.29) is 10.8 Å². The lowest BCUT2D eigenvalue weighted by Gasteiger charge is -2.09. The molecule has 18 heavy (non-hydrogen) atoms. The van der Waals surface area contributed by atoms with Crippen molar-refractivity contribution in [3.8, 4) is 11.3 Å². The molecule has 0 unspecified atom stereocenters. The lowest BCUT2D eigenvalue weighted by atomic mass is 10.1. The van der Waals surface area contributed by atoms with E-state index in [0.29, 0.717) is 10.6 Å². The highest BCUT2D eigenvalue weighted by Crippen LogP contribution is 2.33. The Kier molecular flexibility index (Phi) is 3.50. The second-order valence-corrected chi connectivity index (χ2v) is 4.39. The summed E-state index contributed by atoms with van der Waals surface area (Å²) in [5, 5.41) is 0.298. The van der Waals surface area contributed by atoms with Crippen molar-refractivity contribution in [2.45, 2.75) is 6.18 Å². The van der Waals surface area contributed by atoms with Crippen molar-refractivity contribution >= 4 is 23.2 Å². The molecule has 0 aliphatic heterocycles. The zero-order valence-electron chi connectivity index (χ0n) is 8.80. The molecule has 0 spiro atoms. The van der Waals surface area contributed by atoms with Gasteiger partial charge in [0.1, 0.15) is 5.15 Å². The van der Waals surface area contributed by atoms with Crippen LogP contribution in [0.1, 0.15) is 5.56 Å². The number of nitrogens with zero attached hydrogens (tertiary/aromatic N) is 1. The molecule has 1 heterocycles. The molecule has 0 atom stereocenters. The Labute approximate surface area is 111 Å². The quantitative estimate of drug-likeness (QED) is 0.668. The van der Waals surface area contributed by atoms with Crippen molar-refractivity contribution in [1.82, 2.24) is 4.98 Å². The molecular formula is C12H6Cl2F3N. The molecule has 0 N–H and O–H groups in total. The van der Waals surface area contributed by atoms with Crippen LogP contribution < -0.4 is 0 Å². The number of hydrogen-bond donors (Lipinski definition) is 0. The molecule has 2 rings (SSSR count). The van der Waals surface area contributed by atoms with Crippen LogP contribution in [-0.4, -0.2) is 4.98 Å². The van der Waals surface area contributed by atoms with Gasteiger partial charge in [0.25, 0.3) is 0 Å². The molecule has 1 nitrogen and oxygen atoms in total. The van der Waals surface area contributed by atoms with E-state index in [1.54, 1.807) is 24.3 Å². The molecule has 6 heteroatoms. The van der Waals surface area contributed by atoms with Crippen LogP contribution in [0.5, 0.6) is 0 Å². The Morgan fingerprint density at radius 2 is 1.56 bits per heavy atom. The van der Waals surface area contributed by atoms with E-state index in [1.807, 2.05) is 0 Å². The first-order valence-electron chi connectivity index (χ1n) is 4.87. The van der Waals surface area contributed by atoms with Crippen LogP contribution in [0.25, 0.3) is 11.3 Å². The number of pyridine rings is 1. The Balaban J connectivity index is 2.52. The largest absolute Gasteiger partial charge is 0.416 e. The van der Waals surface area contributed by atoms with Gasteiger partial charge in [0.05, 0.1) is 11.3 Å². The predicted molar refractivity (Wildman–Crippen MR) is 64.7 cm³/mol. The van der Waals surface area contributed by atoms with Crippen molar-refractivity contribution < 1.29 is 13.2 Å². The summed E-state index contributed by atoms with van der Waals surface area (Å²) in [7, 11) is 0. The minimum absolute atomic E-state index is 0.159. The highest BCUT2D eigenvalue weighted by molar-refractivity contribution is 6.30. The molecule has 0 saturated carbocycles. The van der Waals surface area contributed by atoms with E-state index in [9.17, 15) is 13.2 Å². The Hall–Kier alpha value is -1.26. The third-order valence-corrected chi connectivity index (χ3v) is 2.71. The van der Waals surface area contributed by atoms with Crippen LogP contribution in [0.3, 0.4) is 0 Å². The average molecular weight is 292 g/mol. The van der Waals surface area contributed by atoms with Crippen LogP contribution in [-0.2, 0) is 6.18 Å². The summed E-state index contributed by atoms with van der Waals surface area (Å²) >= 11 is 11.3. The zero-order valence-corrected chi connectivity index (χ0v) is 10.3.